The zero-order valence-electron chi connectivity index (χ0n) is 19.7. The van der Waals surface area contributed by atoms with Gasteiger partial charge in [-0.2, -0.15) is 10.1 Å². The Morgan fingerprint density at radius 2 is 2.03 bits per heavy atom. The van der Waals surface area contributed by atoms with Crippen molar-refractivity contribution in [3.63, 3.8) is 0 Å². The lowest BCUT2D eigenvalue weighted by atomic mass is 10.2. The van der Waals surface area contributed by atoms with Gasteiger partial charge in [0.05, 0.1) is 36.4 Å². The maximum atomic E-state index is 14.3. The van der Waals surface area contributed by atoms with Crippen molar-refractivity contribution in [2.24, 2.45) is 7.05 Å². The molecule has 0 saturated carbocycles. The Hall–Kier alpha value is -3.80. The van der Waals surface area contributed by atoms with Gasteiger partial charge in [-0.1, -0.05) is 11.6 Å². The van der Waals surface area contributed by atoms with Gasteiger partial charge in [0, 0.05) is 19.7 Å². The Morgan fingerprint density at radius 3 is 2.64 bits per heavy atom. The lowest BCUT2D eigenvalue weighted by Gasteiger charge is -2.20. The molecule has 0 N–H and O–H groups in total. The molecule has 3 aromatic heterocycles. The number of alkyl halides is 1. The summed E-state index contributed by atoms with van der Waals surface area (Å²) in [7, 11) is 3.02. The molecule has 0 unspecified atom stereocenters. The minimum absolute atomic E-state index is 0.0193. The fourth-order valence-corrected chi connectivity index (χ4v) is 4.64. The third kappa shape index (κ3) is 4.00. The lowest BCUT2D eigenvalue weighted by molar-refractivity contribution is 0.364. The van der Waals surface area contributed by atoms with Gasteiger partial charge in [0.1, 0.15) is 29.5 Å². The van der Waals surface area contributed by atoms with Crippen LogP contribution in [0.25, 0.3) is 16.6 Å². The molecule has 1 aromatic carbocycles. The van der Waals surface area contributed by atoms with Crippen LogP contribution in [0.3, 0.4) is 0 Å². The van der Waals surface area contributed by atoms with Crippen LogP contribution in [-0.4, -0.2) is 55.3 Å². The Labute approximate surface area is 208 Å². The first kappa shape index (κ1) is 23.9. The van der Waals surface area contributed by atoms with E-state index in [4.69, 9.17) is 16.3 Å². The highest BCUT2D eigenvalue weighted by Gasteiger charge is 2.27. The summed E-state index contributed by atoms with van der Waals surface area (Å²) >= 11 is 6.12. The molecule has 1 aliphatic rings. The summed E-state index contributed by atoms with van der Waals surface area (Å²) in [4.78, 5) is 37.7. The molecular weight excluding hydrogens is 496 g/mol. The second-order valence-electron chi connectivity index (χ2n) is 8.62. The van der Waals surface area contributed by atoms with Crippen LogP contribution in [0.5, 0.6) is 5.88 Å². The van der Waals surface area contributed by atoms with Gasteiger partial charge < -0.3 is 9.64 Å². The van der Waals surface area contributed by atoms with Crippen LogP contribution in [0, 0.1) is 12.7 Å². The molecule has 1 aliphatic heterocycles. The summed E-state index contributed by atoms with van der Waals surface area (Å²) in [5, 5.41) is 4.00. The smallest absolute Gasteiger partial charge is 0.336 e. The van der Waals surface area contributed by atoms with Crippen molar-refractivity contribution < 1.29 is 13.5 Å². The van der Waals surface area contributed by atoms with Gasteiger partial charge in [-0.3, -0.25) is 18.6 Å². The molecule has 1 saturated heterocycles. The summed E-state index contributed by atoms with van der Waals surface area (Å²) in [5.41, 5.74) is -0.764. The van der Waals surface area contributed by atoms with E-state index < -0.39 is 23.2 Å². The maximum Gasteiger partial charge on any atom is 0.336 e. The van der Waals surface area contributed by atoms with Crippen molar-refractivity contribution in [2.75, 3.05) is 25.1 Å². The van der Waals surface area contributed by atoms with Crippen LogP contribution < -0.4 is 20.9 Å². The average molecular weight is 518 g/mol. The number of fused-ring (bicyclic) bond motifs is 1. The van der Waals surface area contributed by atoms with Gasteiger partial charge in [0.15, 0.2) is 5.82 Å². The topological polar surface area (TPSA) is 100 Å². The first-order valence-corrected chi connectivity index (χ1v) is 11.5. The van der Waals surface area contributed by atoms with Gasteiger partial charge in [-0.05, 0) is 31.0 Å². The number of rotatable bonds is 5. The summed E-state index contributed by atoms with van der Waals surface area (Å²) < 4.78 is 37.4. The van der Waals surface area contributed by atoms with E-state index in [-0.39, 0.29) is 52.0 Å². The predicted molar refractivity (Wildman–Crippen MR) is 130 cm³/mol. The molecule has 4 aromatic rings. The summed E-state index contributed by atoms with van der Waals surface area (Å²) in [6.07, 6.45) is 0.763. The average Bonchev–Trinajstić information content (AvgIpc) is 3.47. The van der Waals surface area contributed by atoms with E-state index in [1.54, 1.807) is 11.9 Å². The number of aromatic nitrogens is 6. The molecule has 5 rings (SSSR count). The Kier molecular flexibility index (Phi) is 5.99. The van der Waals surface area contributed by atoms with Crippen LogP contribution in [-0.2, 0) is 13.6 Å². The van der Waals surface area contributed by atoms with Crippen molar-refractivity contribution in [3.8, 4) is 11.6 Å². The largest absolute Gasteiger partial charge is 0.480 e. The Bertz CT molecular complexity index is 1590. The fourth-order valence-electron chi connectivity index (χ4n) is 4.38. The van der Waals surface area contributed by atoms with E-state index in [1.807, 2.05) is 0 Å². The predicted octanol–water partition coefficient (Wildman–Crippen LogP) is 2.38. The molecule has 4 heterocycles. The zero-order chi connectivity index (χ0) is 25.7. The number of ether oxygens (including phenoxy) is 1. The number of aryl methyl sites for hydroxylation is 2. The second-order valence-corrected chi connectivity index (χ2v) is 9.03. The third-order valence-corrected chi connectivity index (χ3v) is 6.40. The molecule has 0 amide bonds. The summed E-state index contributed by atoms with van der Waals surface area (Å²) in [6.45, 7) is 1.83. The molecular formula is C23H22ClF2N7O3. The van der Waals surface area contributed by atoms with Crippen LogP contribution in [0.2, 0.25) is 5.02 Å². The Morgan fingerprint density at radius 1 is 1.25 bits per heavy atom. The number of benzene rings is 1. The van der Waals surface area contributed by atoms with Crippen molar-refractivity contribution in [3.05, 3.63) is 67.6 Å². The SMILES string of the molecule is COc1nc(N2CC[C@@H](F)C2)cc2c1c(=O)n(Cc1ncn(C)n1)c(=O)n2-c1cc(C)c(F)c(Cl)c1. The number of methoxy groups -OCH3 is 1. The number of nitrogens with zero attached hydrogens (tertiary/aromatic N) is 7. The minimum atomic E-state index is -1.02. The molecule has 188 valence electrons. The van der Waals surface area contributed by atoms with E-state index >= 15 is 0 Å². The molecule has 13 heteroatoms. The number of hydrogen-bond donors (Lipinski definition) is 0. The van der Waals surface area contributed by atoms with Gasteiger partial charge >= 0.3 is 5.69 Å². The first-order valence-electron chi connectivity index (χ1n) is 11.1. The normalized spacial score (nSPS) is 15.7. The van der Waals surface area contributed by atoms with Crippen LogP contribution in [0.4, 0.5) is 14.6 Å². The third-order valence-electron chi connectivity index (χ3n) is 6.12. The number of pyridine rings is 1. The summed E-state index contributed by atoms with van der Waals surface area (Å²) in [6, 6.07) is 4.29. The molecule has 0 radical (unpaired) electrons. The standard InChI is InChI=1S/C23H22ClF2N7O3/c1-12-6-14(7-15(24)20(12)26)33-16-8-18(31-5-4-13(25)9-31)28-21(36-3)19(16)22(34)32(23(33)35)10-17-27-11-30(2)29-17/h6-8,11,13H,4-5,9-10H2,1-3H3/t13-/m1/s1. The molecule has 10 nitrogen and oxygen atoms in total. The molecule has 0 aliphatic carbocycles. The number of anilines is 1. The van der Waals surface area contributed by atoms with E-state index in [2.05, 4.69) is 15.1 Å². The number of halogens is 3. The van der Waals surface area contributed by atoms with Crippen LogP contribution in [0.15, 0.2) is 34.1 Å². The van der Waals surface area contributed by atoms with Gasteiger partial charge in [0.25, 0.3) is 5.56 Å². The summed E-state index contributed by atoms with van der Waals surface area (Å²) in [5.74, 6) is -0.0577. The second kappa shape index (κ2) is 9.01. The van der Waals surface area contributed by atoms with Crippen LogP contribution in [0.1, 0.15) is 17.8 Å². The quantitative estimate of drug-likeness (QED) is 0.401. The van der Waals surface area contributed by atoms with Gasteiger partial charge in [-0.15, -0.1) is 0 Å². The fraction of sp³-hybridized carbons (Fsp3) is 0.348. The molecule has 1 atom stereocenters. The molecule has 0 spiro atoms. The van der Waals surface area contributed by atoms with Crippen LogP contribution >= 0.6 is 11.6 Å². The molecule has 1 fully saturated rings. The van der Waals surface area contributed by atoms with E-state index in [9.17, 15) is 18.4 Å². The lowest BCUT2D eigenvalue weighted by Crippen LogP contribution is -2.40. The highest BCUT2D eigenvalue weighted by atomic mass is 35.5. The monoisotopic (exact) mass is 517 g/mol. The van der Waals surface area contributed by atoms with Crippen molar-refractivity contribution in [1.29, 1.82) is 0 Å². The van der Waals surface area contributed by atoms with Crippen molar-refractivity contribution >= 4 is 28.3 Å². The maximum absolute atomic E-state index is 14.3. The van der Waals surface area contributed by atoms with E-state index in [1.165, 1.54) is 47.8 Å². The molecule has 0 bridgehead atoms. The van der Waals surface area contributed by atoms with Crippen molar-refractivity contribution in [2.45, 2.75) is 26.1 Å². The molecule has 36 heavy (non-hydrogen) atoms. The van der Waals surface area contributed by atoms with E-state index in [0.29, 0.717) is 18.8 Å². The van der Waals surface area contributed by atoms with E-state index in [0.717, 1.165) is 4.57 Å². The minimum Gasteiger partial charge on any atom is -0.480 e. The zero-order valence-corrected chi connectivity index (χ0v) is 20.5. The Balaban J connectivity index is 1.86. The van der Waals surface area contributed by atoms with Gasteiger partial charge in [0.2, 0.25) is 5.88 Å². The highest BCUT2D eigenvalue weighted by Crippen LogP contribution is 2.30. The number of hydrogen-bond acceptors (Lipinski definition) is 7. The highest BCUT2D eigenvalue weighted by molar-refractivity contribution is 6.31. The van der Waals surface area contributed by atoms with Crippen molar-refractivity contribution in [1.82, 2.24) is 28.9 Å². The first-order chi connectivity index (χ1) is 17.2. The van der Waals surface area contributed by atoms with Gasteiger partial charge in [-0.25, -0.2) is 18.6 Å².